The lowest BCUT2D eigenvalue weighted by molar-refractivity contribution is 0.0929. The van der Waals surface area contributed by atoms with E-state index in [4.69, 9.17) is 0 Å². The summed E-state index contributed by atoms with van der Waals surface area (Å²) in [5.74, 6) is 3.37. The number of hydrogen-bond acceptors (Lipinski definition) is 1. The van der Waals surface area contributed by atoms with Gasteiger partial charge in [-0.25, -0.2) is 0 Å². The van der Waals surface area contributed by atoms with Crippen LogP contribution in [0.2, 0.25) is 0 Å². The van der Waals surface area contributed by atoms with Crippen molar-refractivity contribution in [2.24, 2.45) is 29.1 Å². The maximum Gasteiger partial charge on any atom is 0.0583 e. The Morgan fingerprint density at radius 3 is 2.64 bits per heavy atom. The predicted octanol–water partition coefficient (Wildman–Crippen LogP) is 7.62. The van der Waals surface area contributed by atoms with E-state index in [1.165, 1.54) is 62.5 Å². The van der Waals surface area contributed by atoms with Gasteiger partial charge >= 0.3 is 0 Å². The van der Waals surface area contributed by atoms with E-state index in [2.05, 4.69) is 46.4 Å². The van der Waals surface area contributed by atoms with Crippen molar-refractivity contribution in [1.29, 1.82) is 0 Å². The second-order valence-corrected chi connectivity index (χ2v) is 10.8. The van der Waals surface area contributed by atoms with Gasteiger partial charge in [-0.05, 0) is 86.0 Å². The van der Waals surface area contributed by atoms with Crippen LogP contribution in [0.3, 0.4) is 0 Å². The van der Waals surface area contributed by atoms with Gasteiger partial charge in [0.1, 0.15) is 0 Å². The summed E-state index contributed by atoms with van der Waals surface area (Å²) in [5, 5.41) is 10.0. The van der Waals surface area contributed by atoms with Crippen molar-refractivity contribution in [2.75, 3.05) is 0 Å². The van der Waals surface area contributed by atoms with Crippen LogP contribution in [-0.2, 0) is 0 Å². The molecule has 0 amide bonds. The van der Waals surface area contributed by atoms with Crippen molar-refractivity contribution in [3.05, 3.63) is 35.5 Å². The van der Waals surface area contributed by atoms with Crippen LogP contribution in [0.4, 0.5) is 0 Å². The normalized spacial score (nSPS) is 37.6. The highest BCUT2D eigenvalue weighted by Crippen LogP contribution is 2.59. The minimum atomic E-state index is -0.172. The van der Waals surface area contributed by atoms with Gasteiger partial charge in [0.25, 0.3) is 0 Å². The fourth-order valence-corrected chi connectivity index (χ4v) is 6.66. The van der Waals surface area contributed by atoms with Gasteiger partial charge in [-0.15, -0.1) is 0 Å². The molecule has 0 aromatic rings. The van der Waals surface area contributed by atoms with Crippen molar-refractivity contribution in [2.45, 2.75) is 104 Å². The molecule has 3 aliphatic rings. The lowest BCUT2D eigenvalue weighted by Crippen LogP contribution is -2.36. The monoisotopic (exact) mass is 384 g/mol. The summed E-state index contributed by atoms with van der Waals surface area (Å²) < 4.78 is 0. The summed E-state index contributed by atoms with van der Waals surface area (Å²) in [4.78, 5) is 0. The van der Waals surface area contributed by atoms with Crippen LogP contribution < -0.4 is 0 Å². The maximum atomic E-state index is 10.0. The zero-order valence-corrected chi connectivity index (χ0v) is 19.0. The molecular weight excluding hydrogens is 340 g/mol. The van der Waals surface area contributed by atoms with Crippen molar-refractivity contribution < 1.29 is 5.11 Å². The molecule has 1 N–H and O–H groups in total. The van der Waals surface area contributed by atoms with Gasteiger partial charge < -0.3 is 5.11 Å². The molecule has 0 unspecified atom stereocenters. The molecule has 0 heterocycles. The van der Waals surface area contributed by atoms with Crippen molar-refractivity contribution in [1.82, 2.24) is 0 Å². The van der Waals surface area contributed by atoms with E-state index in [0.29, 0.717) is 5.41 Å². The lowest BCUT2D eigenvalue weighted by atomic mass is 9.60. The number of aliphatic hydroxyl groups excluding tert-OH is 1. The number of fused-ring (bicyclic) bond motifs is 1. The minimum absolute atomic E-state index is 0.172. The number of aliphatic hydroxyl groups is 1. The Balaban J connectivity index is 1.70. The fourth-order valence-electron chi connectivity index (χ4n) is 6.66. The van der Waals surface area contributed by atoms with Crippen LogP contribution in [-0.4, -0.2) is 11.2 Å². The lowest BCUT2D eigenvalue weighted by Gasteiger charge is -2.44. The molecule has 1 nitrogen and oxygen atoms in total. The quantitative estimate of drug-likeness (QED) is 0.499. The molecule has 3 saturated carbocycles. The van der Waals surface area contributed by atoms with Crippen LogP contribution in [0, 0.1) is 29.1 Å². The molecular formula is C27H44O. The molecule has 3 aliphatic carbocycles. The summed E-state index contributed by atoms with van der Waals surface area (Å²) in [6.45, 7) is 14.1. The Bertz CT molecular complexity index is 610. The molecule has 0 saturated heterocycles. The highest BCUT2D eigenvalue weighted by atomic mass is 16.3. The second kappa shape index (κ2) is 9.33. The van der Waals surface area contributed by atoms with Gasteiger partial charge in [0.15, 0.2) is 0 Å². The molecule has 3 rings (SSSR count). The molecule has 1 heteroatoms. The van der Waals surface area contributed by atoms with Crippen LogP contribution >= 0.6 is 0 Å². The van der Waals surface area contributed by atoms with E-state index in [1.807, 2.05) is 0 Å². The van der Waals surface area contributed by atoms with Crippen LogP contribution in [0.15, 0.2) is 35.5 Å². The molecule has 0 spiro atoms. The molecule has 0 aromatic carbocycles. The van der Waals surface area contributed by atoms with E-state index in [-0.39, 0.29) is 6.10 Å². The number of allylic oxidation sites excluding steroid dienone is 4. The third-order valence-electron chi connectivity index (χ3n) is 8.35. The van der Waals surface area contributed by atoms with Gasteiger partial charge in [-0.3, -0.25) is 0 Å². The van der Waals surface area contributed by atoms with Crippen molar-refractivity contribution in [3.63, 3.8) is 0 Å². The maximum absolute atomic E-state index is 10.0. The van der Waals surface area contributed by atoms with Crippen LogP contribution in [0.1, 0.15) is 98.3 Å². The largest absolute Gasteiger partial charge is 0.393 e. The molecule has 0 aliphatic heterocycles. The van der Waals surface area contributed by atoms with Crippen molar-refractivity contribution >= 4 is 0 Å². The number of hydrogen-bond donors (Lipinski definition) is 1. The Hall–Kier alpha value is -0.820. The Morgan fingerprint density at radius 2 is 1.89 bits per heavy atom. The zero-order valence-electron chi connectivity index (χ0n) is 19.0. The van der Waals surface area contributed by atoms with Gasteiger partial charge in [0, 0.05) is 0 Å². The molecule has 5 atom stereocenters. The highest BCUT2D eigenvalue weighted by molar-refractivity contribution is 5.36. The third-order valence-corrected chi connectivity index (χ3v) is 8.35. The standard InChI is InChI=1S/C27H44O/c1-19(2)8-6-9-21(4)25-15-16-26-22(10-7-17-27(25,26)5)12-13-23-18-24(28)14-11-20(23)3/h12-13,19,21,24-26,28H,3,6-11,14-18H2,1-2,4-5H3/t21-,24+,25-,26-,27+/m0/s1. The fraction of sp³-hybridized carbons (Fsp3) is 0.778. The van der Waals surface area contributed by atoms with Crippen LogP contribution in [0.5, 0.6) is 0 Å². The molecule has 0 bridgehead atoms. The predicted molar refractivity (Wildman–Crippen MR) is 121 cm³/mol. The Morgan fingerprint density at radius 1 is 1.11 bits per heavy atom. The second-order valence-electron chi connectivity index (χ2n) is 10.8. The summed E-state index contributed by atoms with van der Waals surface area (Å²) in [7, 11) is 0. The molecule has 28 heavy (non-hydrogen) atoms. The van der Waals surface area contributed by atoms with Gasteiger partial charge in [-0.1, -0.05) is 76.8 Å². The molecule has 0 aromatic heterocycles. The topological polar surface area (TPSA) is 20.2 Å². The Labute approximate surface area is 174 Å². The average molecular weight is 385 g/mol. The smallest absolute Gasteiger partial charge is 0.0583 e. The average Bonchev–Trinajstić information content (AvgIpc) is 2.99. The first kappa shape index (κ1) is 21.9. The first-order valence-electron chi connectivity index (χ1n) is 12.1. The molecule has 158 valence electrons. The summed E-state index contributed by atoms with van der Waals surface area (Å²) >= 11 is 0. The van der Waals surface area contributed by atoms with Gasteiger partial charge in [-0.2, -0.15) is 0 Å². The highest BCUT2D eigenvalue weighted by Gasteiger charge is 2.50. The van der Waals surface area contributed by atoms with Gasteiger partial charge in [0.2, 0.25) is 0 Å². The van der Waals surface area contributed by atoms with Crippen molar-refractivity contribution in [3.8, 4) is 0 Å². The minimum Gasteiger partial charge on any atom is -0.393 e. The summed E-state index contributed by atoms with van der Waals surface area (Å²) in [6.07, 6.45) is 18.2. The third kappa shape index (κ3) is 4.84. The summed E-state index contributed by atoms with van der Waals surface area (Å²) in [6, 6.07) is 0. The van der Waals surface area contributed by atoms with E-state index in [1.54, 1.807) is 5.57 Å². The summed E-state index contributed by atoms with van der Waals surface area (Å²) in [5.41, 5.74) is 4.72. The van der Waals surface area contributed by atoms with E-state index >= 15 is 0 Å². The first-order chi connectivity index (χ1) is 13.3. The van der Waals surface area contributed by atoms with E-state index in [0.717, 1.165) is 42.9 Å². The SMILES string of the molecule is C=C1CC[C@@H](O)CC1=CC=C1CCC[C@@]2(C)[C@H]1CC[C@H]2[C@@H](C)CCCC(C)C. The van der Waals surface area contributed by atoms with Crippen LogP contribution in [0.25, 0.3) is 0 Å². The molecule has 0 radical (unpaired) electrons. The zero-order chi connectivity index (χ0) is 20.3. The van der Waals surface area contributed by atoms with Gasteiger partial charge in [0.05, 0.1) is 6.10 Å². The van der Waals surface area contributed by atoms with E-state index < -0.39 is 0 Å². The first-order valence-corrected chi connectivity index (χ1v) is 12.1. The molecule has 3 fully saturated rings. The Kier molecular flexibility index (Phi) is 7.29. The number of rotatable bonds is 6. The van der Waals surface area contributed by atoms with E-state index in [9.17, 15) is 5.11 Å².